The van der Waals surface area contributed by atoms with E-state index in [1.807, 2.05) is 0 Å². The smallest absolute Gasteiger partial charge is 0.410 e. The van der Waals surface area contributed by atoms with Gasteiger partial charge in [-0.2, -0.15) is 0 Å². The fourth-order valence-electron chi connectivity index (χ4n) is 2.91. The molecule has 0 bridgehead atoms. The Morgan fingerprint density at radius 1 is 1.37 bits per heavy atom. The molecule has 2 aromatic rings. The summed E-state index contributed by atoms with van der Waals surface area (Å²) in [5.74, 6) is -0.0245. The number of hydrogen-bond donors (Lipinski definition) is 1. The minimum absolute atomic E-state index is 0.0136. The number of carbonyl (C=O) groups is 1. The number of anilines is 1. The predicted octanol–water partition coefficient (Wildman–Crippen LogP) is 3.89. The quantitative estimate of drug-likeness (QED) is 0.714. The maximum Gasteiger partial charge on any atom is 0.410 e. The molecule has 1 unspecified atom stereocenters. The first-order valence-electron chi connectivity index (χ1n) is 8.90. The Balaban J connectivity index is 1.93. The van der Waals surface area contributed by atoms with Crippen LogP contribution in [0.3, 0.4) is 0 Å². The van der Waals surface area contributed by atoms with Gasteiger partial charge in [0.05, 0.1) is 12.1 Å². The maximum atomic E-state index is 13.9. The van der Waals surface area contributed by atoms with E-state index in [1.54, 1.807) is 20.8 Å². The minimum atomic E-state index is -2.83. The van der Waals surface area contributed by atoms with Crippen molar-refractivity contribution in [2.45, 2.75) is 38.8 Å². The number of rotatable bonds is 3. The van der Waals surface area contributed by atoms with Crippen LogP contribution in [0.25, 0.3) is 10.7 Å². The lowest BCUT2D eigenvalue weighted by Gasteiger charge is -2.41. The first-order valence-corrected chi connectivity index (χ1v) is 10.5. The summed E-state index contributed by atoms with van der Waals surface area (Å²) in [5, 5.41) is -0.202. The summed E-state index contributed by atoms with van der Waals surface area (Å²) in [6, 6.07) is -1.43. The molecule has 1 aliphatic heterocycles. The molecule has 2 aromatic heterocycles. The zero-order valence-electron chi connectivity index (χ0n) is 16.3. The Morgan fingerprint density at radius 3 is 2.63 bits per heavy atom. The van der Waals surface area contributed by atoms with Crippen molar-refractivity contribution >= 4 is 46.4 Å². The van der Waals surface area contributed by atoms with E-state index in [9.17, 15) is 18.4 Å². The Labute approximate surface area is 184 Å². The van der Waals surface area contributed by atoms with Gasteiger partial charge in [0.15, 0.2) is 16.8 Å². The van der Waals surface area contributed by atoms with E-state index in [-0.39, 0.29) is 41.5 Å². The molecule has 8 nitrogen and oxygen atoms in total. The zero-order chi connectivity index (χ0) is 22.2. The summed E-state index contributed by atoms with van der Waals surface area (Å²) in [4.78, 5) is 38.1. The first-order chi connectivity index (χ1) is 14.0. The van der Waals surface area contributed by atoms with Crippen LogP contribution in [0.5, 0.6) is 0 Å². The van der Waals surface area contributed by atoms with Gasteiger partial charge in [-0.05, 0) is 20.8 Å². The van der Waals surface area contributed by atoms with Crippen molar-refractivity contribution in [2.24, 2.45) is 0 Å². The minimum Gasteiger partial charge on any atom is -0.444 e. The molecule has 1 amide bonds. The number of alkyl halides is 2. The van der Waals surface area contributed by atoms with Gasteiger partial charge >= 0.3 is 6.09 Å². The predicted molar refractivity (Wildman–Crippen MR) is 111 cm³/mol. The number of hydrogen-bond acceptors (Lipinski definition) is 7. The lowest BCUT2D eigenvalue weighted by molar-refractivity contribution is 0.0120. The molecule has 0 radical (unpaired) electrons. The molecule has 1 atom stereocenters. The molecule has 0 aliphatic carbocycles. The highest BCUT2D eigenvalue weighted by Crippen LogP contribution is 2.32. The van der Waals surface area contributed by atoms with Crippen LogP contribution in [0.1, 0.15) is 20.8 Å². The van der Waals surface area contributed by atoms with E-state index >= 15 is 0 Å². The number of nitrogens with zero attached hydrogens (tertiary/aromatic N) is 4. The van der Waals surface area contributed by atoms with Crippen LogP contribution in [0.4, 0.5) is 19.4 Å². The summed E-state index contributed by atoms with van der Waals surface area (Å²) < 4.78 is 33.1. The van der Waals surface area contributed by atoms with E-state index in [1.165, 1.54) is 15.3 Å². The molecule has 1 fully saturated rings. The van der Waals surface area contributed by atoms with Gasteiger partial charge in [-0.25, -0.2) is 23.5 Å². The van der Waals surface area contributed by atoms with Crippen molar-refractivity contribution in [3.05, 3.63) is 26.0 Å². The van der Waals surface area contributed by atoms with Crippen molar-refractivity contribution in [1.82, 2.24) is 19.9 Å². The van der Waals surface area contributed by atoms with Gasteiger partial charge in [0.2, 0.25) is 0 Å². The molecule has 30 heavy (non-hydrogen) atoms. The number of piperazine rings is 1. The third-order valence-electron chi connectivity index (χ3n) is 4.22. The summed E-state index contributed by atoms with van der Waals surface area (Å²) in [5.41, 5.74) is 0.0199. The van der Waals surface area contributed by atoms with Gasteiger partial charge in [0.1, 0.15) is 21.5 Å². The van der Waals surface area contributed by atoms with Crippen LogP contribution in [-0.2, 0) is 4.74 Å². The molecule has 0 spiro atoms. The summed E-state index contributed by atoms with van der Waals surface area (Å²) in [6.07, 6.45) is -3.52. The zero-order valence-corrected chi connectivity index (χ0v) is 18.6. The van der Waals surface area contributed by atoms with E-state index in [2.05, 4.69) is 15.0 Å². The molecule has 13 heteroatoms. The number of halogens is 4. The third kappa shape index (κ3) is 4.84. The maximum absolute atomic E-state index is 13.9. The van der Waals surface area contributed by atoms with Gasteiger partial charge < -0.3 is 19.5 Å². The highest BCUT2D eigenvalue weighted by Gasteiger charge is 2.39. The average Bonchev–Trinajstić information content (AvgIpc) is 3.08. The Bertz CT molecular complexity index is 995. The van der Waals surface area contributed by atoms with Gasteiger partial charge in [0.25, 0.3) is 12.0 Å². The number of nitrogens with one attached hydrogen (secondary N) is 1. The number of thiazole rings is 1. The number of carbonyl (C=O) groups excluding carboxylic acids is 1. The Kier molecular flexibility index (Phi) is 6.54. The SMILES string of the molecule is CC(C)(C)OC(=O)N1CCN(c2nc(-c3scnc3Cl)[nH]c(=O)c2Cl)C(C(F)F)C1. The normalized spacial score (nSPS) is 17.5. The molecular formula is C17H19Cl2F2N5O3S. The van der Waals surface area contributed by atoms with Gasteiger partial charge in [-0.15, -0.1) is 11.3 Å². The first kappa shape index (κ1) is 22.7. The Morgan fingerprint density at radius 2 is 2.07 bits per heavy atom. The summed E-state index contributed by atoms with van der Waals surface area (Å²) in [7, 11) is 0. The van der Waals surface area contributed by atoms with E-state index in [4.69, 9.17) is 27.9 Å². The number of ether oxygens (including phenoxy) is 1. The van der Waals surface area contributed by atoms with Crippen molar-refractivity contribution in [1.29, 1.82) is 0 Å². The second-order valence-corrected chi connectivity index (χ2v) is 9.14. The molecule has 0 aromatic carbocycles. The van der Waals surface area contributed by atoms with Crippen molar-refractivity contribution < 1.29 is 18.3 Å². The molecule has 3 heterocycles. The van der Waals surface area contributed by atoms with Crippen LogP contribution >= 0.6 is 34.5 Å². The van der Waals surface area contributed by atoms with E-state index in [0.29, 0.717) is 4.88 Å². The standard InChI is InChI=1S/C17H19Cl2F2N5O3S/c1-17(2,3)29-16(28)25-4-5-26(8(6-25)12(20)21)14-9(18)15(27)24-13(23-14)10-11(19)22-7-30-10/h7-8,12H,4-6H2,1-3H3,(H,23,24,27). The van der Waals surface area contributed by atoms with E-state index < -0.39 is 29.7 Å². The van der Waals surface area contributed by atoms with Crippen LogP contribution in [0.2, 0.25) is 10.2 Å². The number of aromatic amines is 1. The average molecular weight is 482 g/mol. The van der Waals surface area contributed by atoms with Crippen molar-refractivity contribution in [2.75, 3.05) is 24.5 Å². The second kappa shape index (κ2) is 8.64. The molecule has 164 valence electrons. The van der Waals surface area contributed by atoms with Crippen molar-refractivity contribution in [3.63, 3.8) is 0 Å². The highest BCUT2D eigenvalue weighted by atomic mass is 35.5. The number of amides is 1. The molecule has 3 rings (SSSR count). The Hall–Kier alpha value is -1.98. The summed E-state index contributed by atoms with van der Waals surface area (Å²) in [6.45, 7) is 4.85. The molecule has 1 N–H and O–H groups in total. The van der Waals surface area contributed by atoms with Crippen LogP contribution in [0.15, 0.2) is 10.3 Å². The van der Waals surface area contributed by atoms with Gasteiger partial charge in [-0.1, -0.05) is 23.2 Å². The highest BCUT2D eigenvalue weighted by molar-refractivity contribution is 7.13. The molecule has 0 saturated carbocycles. The molecular weight excluding hydrogens is 463 g/mol. The largest absolute Gasteiger partial charge is 0.444 e. The van der Waals surface area contributed by atoms with Gasteiger partial charge in [0, 0.05) is 13.1 Å². The van der Waals surface area contributed by atoms with Crippen molar-refractivity contribution in [3.8, 4) is 10.7 Å². The van der Waals surface area contributed by atoms with Gasteiger partial charge in [-0.3, -0.25) is 4.79 Å². The second-order valence-electron chi connectivity index (χ2n) is 7.55. The molecule has 1 saturated heterocycles. The van der Waals surface area contributed by atoms with Crippen LogP contribution in [0, 0.1) is 0 Å². The fraction of sp³-hybridized carbons (Fsp3) is 0.529. The lowest BCUT2D eigenvalue weighted by atomic mass is 10.1. The topological polar surface area (TPSA) is 91.4 Å². The lowest BCUT2D eigenvalue weighted by Crippen LogP contribution is -2.58. The molecule has 1 aliphatic rings. The monoisotopic (exact) mass is 481 g/mol. The fourth-order valence-corrected chi connectivity index (χ4v) is 4.06. The summed E-state index contributed by atoms with van der Waals surface area (Å²) >= 11 is 13.2. The number of H-pyrrole nitrogens is 1. The number of aromatic nitrogens is 3. The van der Waals surface area contributed by atoms with E-state index in [0.717, 1.165) is 11.3 Å². The van der Waals surface area contributed by atoms with Crippen LogP contribution in [-0.4, -0.2) is 63.6 Å². The third-order valence-corrected chi connectivity index (χ3v) is 5.79. The van der Waals surface area contributed by atoms with Crippen LogP contribution < -0.4 is 10.5 Å².